The van der Waals surface area contributed by atoms with Gasteiger partial charge in [-0.1, -0.05) is 26.0 Å². The Morgan fingerprint density at radius 3 is 2.84 bits per heavy atom. The summed E-state index contributed by atoms with van der Waals surface area (Å²) in [6.45, 7) is 9.92. The van der Waals surface area contributed by atoms with Crippen LogP contribution in [0.15, 0.2) is 18.2 Å². The summed E-state index contributed by atoms with van der Waals surface area (Å²) < 4.78 is 19.9. The zero-order valence-corrected chi connectivity index (χ0v) is 12.3. The summed E-state index contributed by atoms with van der Waals surface area (Å²) in [7, 11) is 0. The summed E-state index contributed by atoms with van der Waals surface area (Å²) in [5, 5.41) is 3.42. The Kier molecular flexibility index (Phi) is 4.26. The highest BCUT2D eigenvalue weighted by Gasteiger charge is 2.34. The number of aryl methyl sites for hydroxylation is 1. The predicted octanol–water partition coefficient (Wildman–Crippen LogP) is 3.60. The van der Waals surface area contributed by atoms with Gasteiger partial charge in [-0.15, -0.1) is 0 Å². The van der Waals surface area contributed by atoms with E-state index >= 15 is 0 Å². The van der Waals surface area contributed by atoms with Crippen LogP contribution < -0.4 is 5.32 Å². The maximum atomic E-state index is 13.7. The number of ether oxygens (including phenoxy) is 1. The molecule has 3 heteroatoms. The second-order valence-electron chi connectivity index (χ2n) is 6.29. The minimum Gasteiger partial charge on any atom is -0.365 e. The Hall–Kier alpha value is -0.930. The quantitative estimate of drug-likeness (QED) is 0.901. The number of benzene rings is 1. The fraction of sp³-hybridized carbons (Fsp3) is 0.625. The van der Waals surface area contributed by atoms with E-state index in [1.807, 2.05) is 12.1 Å². The van der Waals surface area contributed by atoms with Gasteiger partial charge in [-0.2, -0.15) is 0 Å². The van der Waals surface area contributed by atoms with Crippen LogP contribution >= 0.6 is 0 Å². The molecule has 0 spiro atoms. The Morgan fingerprint density at radius 1 is 1.47 bits per heavy atom. The van der Waals surface area contributed by atoms with Crippen molar-refractivity contribution in [1.82, 2.24) is 5.32 Å². The van der Waals surface area contributed by atoms with E-state index in [2.05, 4.69) is 26.1 Å². The van der Waals surface area contributed by atoms with Crippen LogP contribution in [0.4, 0.5) is 4.39 Å². The Morgan fingerprint density at radius 2 is 2.21 bits per heavy atom. The number of nitrogens with one attached hydrogen (secondary N) is 1. The van der Waals surface area contributed by atoms with Crippen LogP contribution in [-0.2, 0) is 4.74 Å². The molecule has 2 nitrogen and oxygen atoms in total. The van der Waals surface area contributed by atoms with Crippen molar-refractivity contribution < 1.29 is 9.13 Å². The standard InChI is InChI=1S/C16H24FNO/c1-11(2)8-16(4)10-18-9-15(19-16)13-6-5-12(3)14(17)7-13/h5-7,11,15,18H,8-10H2,1-4H3. The van der Waals surface area contributed by atoms with Gasteiger partial charge < -0.3 is 10.1 Å². The predicted molar refractivity (Wildman–Crippen MR) is 75.7 cm³/mol. The molecule has 1 N–H and O–H groups in total. The van der Waals surface area contributed by atoms with Crippen LogP contribution in [0.3, 0.4) is 0 Å². The minimum absolute atomic E-state index is 0.0624. The van der Waals surface area contributed by atoms with Crippen molar-refractivity contribution in [2.24, 2.45) is 5.92 Å². The van der Waals surface area contributed by atoms with Gasteiger partial charge in [-0.05, 0) is 43.4 Å². The Balaban J connectivity index is 2.14. The summed E-state index contributed by atoms with van der Waals surface area (Å²) in [6.07, 6.45) is 0.942. The van der Waals surface area contributed by atoms with Gasteiger partial charge in [0, 0.05) is 13.1 Å². The zero-order chi connectivity index (χ0) is 14.0. The molecule has 2 atom stereocenters. The molecule has 2 rings (SSSR count). The highest BCUT2D eigenvalue weighted by Crippen LogP contribution is 2.31. The van der Waals surface area contributed by atoms with Crippen molar-refractivity contribution in [2.75, 3.05) is 13.1 Å². The molecule has 19 heavy (non-hydrogen) atoms. The van der Waals surface area contributed by atoms with Crippen LogP contribution in [0.5, 0.6) is 0 Å². The molecule has 1 aliphatic rings. The van der Waals surface area contributed by atoms with E-state index in [0.29, 0.717) is 11.5 Å². The molecule has 1 saturated heterocycles. The molecule has 1 heterocycles. The normalized spacial score (nSPS) is 27.8. The summed E-state index contributed by atoms with van der Waals surface area (Å²) in [6, 6.07) is 5.39. The van der Waals surface area contributed by atoms with Crippen molar-refractivity contribution in [2.45, 2.75) is 45.8 Å². The maximum absolute atomic E-state index is 13.7. The lowest BCUT2D eigenvalue weighted by molar-refractivity contribution is -0.117. The average molecular weight is 265 g/mol. The first-order valence-corrected chi connectivity index (χ1v) is 7.04. The molecule has 1 fully saturated rings. The third-order valence-electron chi connectivity index (χ3n) is 3.66. The first-order chi connectivity index (χ1) is 8.89. The lowest BCUT2D eigenvalue weighted by atomic mass is 9.91. The number of hydrogen-bond acceptors (Lipinski definition) is 2. The largest absolute Gasteiger partial charge is 0.365 e. The molecule has 1 aromatic rings. The fourth-order valence-electron chi connectivity index (χ4n) is 2.87. The highest BCUT2D eigenvalue weighted by molar-refractivity contribution is 5.25. The zero-order valence-electron chi connectivity index (χ0n) is 12.3. The van der Waals surface area contributed by atoms with Crippen molar-refractivity contribution in [3.63, 3.8) is 0 Å². The highest BCUT2D eigenvalue weighted by atomic mass is 19.1. The number of hydrogen-bond donors (Lipinski definition) is 1. The molecule has 0 radical (unpaired) electrons. The minimum atomic E-state index is -0.168. The Labute approximate surface area is 115 Å². The van der Waals surface area contributed by atoms with Gasteiger partial charge in [0.15, 0.2) is 0 Å². The molecule has 0 aliphatic carbocycles. The van der Waals surface area contributed by atoms with Gasteiger partial charge in [0.1, 0.15) is 5.82 Å². The number of halogens is 1. The summed E-state index contributed by atoms with van der Waals surface area (Å²) in [4.78, 5) is 0. The first kappa shape index (κ1) is 14.5. The molecule has 0 amide bonds. The van der Waals surface area contributed by atoms with E-state index in [1.165, 1.54) is 0 Å². The van der Waals surface area contributed by atoms with E-state index in [0.717, 1.165) is 25.1 Å². The van der Waals surface area contributed by atoms with Crippen molar-refractivity contribution in [3.05, 3.63) is 35.1 Å². The Bertz CT molecular complexity index is 446. The van der Waals surface area contributed by atoms with Crippen LogP contribution in [0.1, 0.15) is 44.4 Å². The van der Waals surface area contributed by atoms with E-state index < -0.39 is 0 Å². The molecule has 0 aromatic heterocycles. The van der Waals surface area contributed by atoms with Gasteiger partial charge >= 0.3 is 0 Å². The lowest BCUT2D eigenvalue weighted by Crippen LogP contribution is -2.49. The van der Waals surface area contributed by atoms with Gasteiger partial charge in [-0.25, -0.2) is 4.39 Å². The summed E-state index contributed by atoms with van der Waals surface area (Å²) in [5.74, 6) is 0.428. The van der Waals surface area contributed by atoms with Crippen molar-refractivity contribution in [1.29, 1.82) is 0 Å². The monoisotopic (exact) mass is 265 g/mol. The van der Waals surface area contributed by atoms with E-state index in [-0.39, 0.29) is 17.5 Å². The SMILES string of the molecule is Cc1ccc(C2CNCC(C)(CC(C)C)O2)cc1F. The van der Waals surface area contributed by atoms with Crippen molar-refractivity contribution in [3.8, 4) is 0 Å². The molecule has 2 unspecified atom stereocenters. The molecule has 0 saturated carbocycles. The van der Waals surface area contributed by atoms with E-state index in [9.17, 15) is 4.39 Å². The van der Waals surface area contributed by atoms with Gasteiger partial charge in [0.2, 0.25) is 0 Å². The fourth-order valence-corrected chi connectivity index (χ4v) is 2.87. The second-order valence-corrected chi connectivity index (χ2v) is 6.29. The number of morpholine rings is 1. The molecular formula is C16H24FNO. The average Bonchev–Trinajstić information content (AvgIpc) is 2.31. The molecular weight excluding hydrogens is 241 g/mol. The van der Waals surface area contributed by atoms with E-state index in [1.54, 1.807) is 13.0 Å². The first-order valence-electron chi connectivity index (χ1n) is 7.04. The molecule has 106 valence electrons. The third kappa shape index (κ3) is 3.54. The molecule has 1 aliphatic heterocycles. The smallest absolute Gasteiger partial charge is 0.126 e. The second kappa shape index (κ2) is 5.59. The van der Waals surface area contributed by atoms with Crippen LogP contribution in [0.2, 0.25) is 0 Å². The van der Waals surface area contributed by atoms with Crippen LogP contribution in [0, 0.1) is 18.7 Å². The van der Waals surface area contributed by atoms with Gasteiger partial charge in [0.05, 0.1) is 11.7 Å². The van der Waals surface area contributed by atoms with E-state index in [4.69, 9.17) is 4.74 Å². The lowest BCUT2D eigenvalue weighted by Gasteiger charge is -2.40. The molecule has 1 aromatic carbocycles. The summed E-state index contributed by atoms with van der Waals surface area (Å²) in [5.41, 5.74) is 1.43. The maximum Gasteiger partial charge on any atom is 0.126 e. The topological polar surface area (TPSA) is 21.3 Å². The third-order valence-corrected chi connectivity index (χ3v) is 3.66. The molecule has 0 bridgehead atoms. The van der Waals surface area contributed by atoms with Crippen LogP contribution in [0.25, 0.3) is 0 Å². The van der Waals surface area contributed by atoms with Crippen LogP contribution in [-0.4, -0.2) is 18.7 Å². The summed E-state index contributed by atoms with van der Waals surface area (Å²) >= 11 is 0. The number of rotatable bonds is 3. The van der Waals surface area contributed by atoms with Gasteiger partial charge in [0.25, 0.3) is 0 Å². The van der Waals surface area contributed by atoms with Crippen molar-refractivity contribution >= 4 is 0 Å². The van der Waals surface area contributed by atoms with Gasteiger partial charge in [-0.3, -0.25) is 0 Å².